The lowest BCUT2D eigenvalue weighted by Crippen LogP contribution is -2.34. The van der Waals surface area contributed by atoms with E-state index in [1.54, 1.807) is 30.1 Å². The number of likely N-dealkylation sites (N-methyl/N-ethyl adjacent to an activating group) is 1. The van der Waals surface area contributed by atoms with Gasteiger partial charge < -0.3 is 10.5 Å². The second-order valence-corrected chi connectivity index (χ2v) is 6.20. The van der Waals surface area contributed by atoms with E-state index in [1.165, 1.54) is 36.6 Å². The van der Waals surface area contributed by atoms with E-state index in [9.17, 15) is 14.0 Å². The molecule has 1 amide bonds. The van der Waals surface area contributed by atoms with Crippen molar-refractivity contribution in [2.75, 3.05) is 14.2 Å². The summed E-state index contributed by atoms with van der Waals surface area (Å²) in [4.78, 5) is 26.3. The number of thiophene rings is 1. The highest BCUT2D eigenvalue weighted by Gasteiger charge is 2.24. The molecule has 23 heavy (non-hydrogen) atoms. The quantitative estimate of drug-likeness (QED) is 0.822. The summed E-state index contributed by atoms with van der Waals surface area (Å²) >= 11 is 1.28. The number of hydrogen-bond acceptors (Lipinski definition) is 5. The van der Waals surface area contributed by atoms with Gasteiger partial charge in [-0.05, 0) is 36.9 Å². The molecule has 0 fully saturated rings. The Morgan fingerprint density at radius 1 is 1.35 bits per heavy atom. The first-order chi connectivity index (χ1) is 10.9. The highest BCUT2D eigenvalue weighted by atomic mass is 32.1. The van der Waals surface area contributed by atoms with E-state index in [1.807, 2.05) is 0 Å². The fourth-order valence-corrected chi connectivity index (χ4v) is 3.31. The summed E-state index contributed by atoms with van der Waals surface area (Å²) in [6.45, 7) is 0.395. The Labute approximate surface area is 137 Å². The van der Waals surface area contributed by atoms with Crippen LogP contribution < -0.4 is 5.73 Å². The van der Waals surface area contributed by atoms with Crippen LogP contribution in [0.1, 0.15) is 26.2 Å². The van der Waals surface area contributed by atoms with Crippen LogP contribution in [0.3, 0.4) is 0 Å². The van der Waals surface area contributed by atoms with Crippen LogP contribution in [0.2, 0.25) is 0 Å². The van der Waals surface area contributed by atoms with Gasteiger partial charge in [0.15, 0.2) is 0 Å². The number of nitrogens with zero attached hydrogens (tertiary/aromatic N) is 1. The van der Waals surface area contributed by atoms with Gasteiger partial charge in [0.1, 0.15) is 16.7 Å². The normalized spacial score (nSPS) is 12.2. The van der Waals surface area contributed by atoms with Crippen molar-refractivity contribution in [2.45, 2.75) is 12.6 Å². The Balaban J connectivity index is 2.19. The number of amides is 1. The minimum Gasteiger partial charge on any atom is -0.465 e. The number of hydrogen-bond donors (Lipinski definition) is 1. The van der Waals surface area contributed by atoms with Crippen molar-refractivity contribution in [2.24, 2.45) is 5.73 Å². The molecule has 122 valence electrons. The number of rotatable bonds is 6. The summed E-state index contributed by atoms with van der Waals surface area (Å²) in [6, 6.07) is 8.49. The number of halogens is 1. The lowest BCUT2D eigenvalue weighted by atomic mass is 10.0. The zero-order valence-corrected chi connectivity index (χ0v) is 13.6. The lowest BCUT2D eigenvalue weighted by molar-refractivity contribution is -0.123. The van der Waals surface area contributed by atoms with Crippen molar-refractivity contribution in [3.63, 3.8) is 0 Å². The van der Waals surface area contributed by atoms with E-state index >= 15 is 0 Å². The average Bonchev–Trinajstić information content (AvgIpc) is 2.94. The second-order valence-electron chi connectivity index (χ2n) is 5.03. The molecular weight excluding hydrogens is 319 g/mol. The van der Waals surface area contributed by atoms with Gasteiger partial charge in [0.05, 0.1) is 7.11 Å². The molecule has 7 heteroatoms. The fraction of sp³-hybridized carbons (Fsp3) is 0.250. The molecule has 1 aromatic heterocycles. The van der Waals surface area contributed by atoms with Gasteiger partial charge >= 0.3 is 5.97 Å². The van der Waals surface area contributed by atoms with E-state index in [2.05, 4.69) is 4.74 Å². The van der Waals surface area contributed by atoms with E-state index in [4.69, 9.17) is 5.73 Å². The SMILES string of the molecule is COC(=O)c1ccc(CN(C)[C@H](C(N)=O)c2cccc(F)c2)s1. The molecule has 0 saturated heterocycles. The van der Waals surface area contributed by atoms with E-state index in [0.29, 0.717) is 17.0 Å². The van der Waals surface area contributed by atoms with Crippen molar-refractivity contribution < 1.29 is 18.7 Å². The van der Waals surface area contributed by atoms with Crippen LogP contribution in [0.25, 0.3) is 0 Å². The first-order valence-electron chi connectivity index (χ1n) is 6.84. The summed E-state index contributed by atoms with van der Waals surface area (Å²) in [5.74, 6) is -1.39. The van der Waals surface area contributed by atoms with Crippen molar-refractivity contribution in [3.8, 4) is 0 Å². The second kappa shape index (κ2) is 7.34. The molecular formula is C16H17FN2O3S. The Kier molecular flexibility index (Phi) is 5.46. The minimum absolute atomic E-state index is 0.395. The van der Waals surface area contributed by atoms with Gasteiger partial charge in [-0.25, -0.2) is 9.18 Å². The Hall–Kier alpha value is -2.25. The molecule has 0 bridgehead atoms. The average molecular weight is 336 g/mol. The number of benzene rings is 1. The topological polar surface area (TPSA) is 72.6 Å². The summed E-state index contributed by atoms with van der Waals surface area (Å²) in [5, 5.41) is 0. The Bertz CT molecular complexity index is 717. The number of carbonyl (C=O) groups excluding carboxylic acids is 2. The van der Waals surface area contributed by atoms with Crippen LogP contribution in [-0.4, -0.2) is 30.9 Å². The maximum atomic E-state index is 13.4. The molecule has 1 aromatic carbocycles. The van der Waals surface area contributed by atoms with Crippen LogP contribution in [-0.2, 0) is 16.1 Å². The lowest BCUT2D eigenvalue weighted by Gasteiger charge is -2.25. The summed E-state index contributed by atoms with van der Waals surface area (Å²) in [7, 11) is 3.04. The fourth-order valence-electron chi connectivity index (χ4n) is 2.32. The van der Waals surface area contributed by atoms with Gasteiger partial charge in [-0.15, -0.1) is 11.3 Å². The van der Waals surface area contributed by atoms with Crippen LogP contribution in [0.4, 0.5) is 4.39 Å². The largest absolute Gasteiger partial charge is 0.465 e. The summed E-state index contributed by atoms with van der Waals surface area (Å²) in [5.41, 5.74) is 5.97. The van der Waals surface area contributed by atoms with Crippen molar-refractivity contribution >= 4 is 23.2 Å². The molecule has 1 atom stereocenters. The monoisotopic (exact) mass is 336 g/mol. The van der Waals surface area contributed by atoms with Gasteiger partial charge in [-0.1, -0.05) is 12.1 Å². The minimum atomic E-state index is -0.755. The Morgan fingerprint density at radius 2 is 2.09 bits per heavy atom. The number of ether oxygens (including phenoxy) is 1. The standard InChI is InChI=1S/C16H17FN2O3S/c1-19(9-12-6-7-13(23-12)16(21)22-2)14(15(18)20)10-4-3-5-11(17)8-10/h3-8,14H,9H2,1-2H3,(H2,18,20)/t14-/m0/s1. The molecule has 2 rings (SSSR count). The van der Waals surface area contributed by atoms with E-state index in [0.717, 1.165) is 4.88 Å². The predicted molar refractivity (Wildman–Crippen MR) is 85.5 cm³/mol. The third-order valence-electron chi connectivity index (χ3n) is 3.33. The molecule has 0 aliphatic rings. The molecule has 5 nitrogen and oxygen atoms in total. The predicted octanol–water partition coefficient (Wildman–Crippen LogP) is 2.33. The first kappa shape index (κ1) is 17.1. The zero-order valence-electron chi connectivity index (χ0n) is 12.8. The van der Waals surface area contributed by atoms with Gasteiger partial charge in [-0.3, -0.25) is 9.69 Å². The van der Waals surface area contributed by atoms with Gasteiger partial charge in [0.25, 0.3) is 0 Å². The number of methoxy groups -OCH3 is 1. The number of nitrogens with two attached hydrogens (primary N) is 1. The maximum Gasteiger partial charge on any atom is 0.348 e. The third kappa shape index (κ3) is 4.14. The van der Waals surface area contributed by atoms with E-state index < -0.39 is 23.7 Å². The molecule has 0 aliphatic carbocycles. The molecule has 2 aromatic rings. The Morgan fingerprint density at radius 3 is 2.70 bits per heavy atom. The van der Waals surface area contributed by atoms with Crippen molar-refractivity contribution in [3.05, 3.63) is 57.5 Å². The third-order valence-corrected chi connectivity index (χ3v) is 4.38. The van der Waals surface area contributed by atoms with E-state index in [-0.39, 0.29) is 0 Å². The highest BCUT2D eigenvalue weighted by molar-refractivity contribution is 7.13. The van der Waals surface area contributed by atoms with Crippen LogP contribution >= 0.6 is 11.3 Å². The number of carbonyl (C=O) groups is 2. The van der Waals surface area contributed by atoms with Crippen molar-refractivity contribution in [1.29, 1.82) is 0 Å². The summed E-state index contributed by atoms with van der Waals surface area (Å²) in [6.07, 6.45) is 0. The van der Waals surface area contributed by atoms with Gasteiger partial charge in [0, 0.05) is 11.4 Å². The van der Waals surface area contributed by atoms with Gasteiger partial charge in [0.2, 0.25) is 5.91 Å². The van der Waals surface area contributed by atoms with Crippen LogP contribution in [0.15, 0.2) is 36.4 Å². The number of primary amides is 1. The molecule has 2 N–H and O–H groups in total. The molecule has 0 aliphatic heterocycles. The van der Waals surface area contributed by atoms with Gasteiger partial charge in [-0.2, -0.15) is 0 Å². The highest BCUT2D eigenvalue weighted by Crippen LogP contribution is 2.25. The molecule has 1 heterocycles. The first-order valence-corrected chi connectivity index (χ1v) is 7.66. The molecule has 0 radical (unpaired) electrons. The zero-order chi connectivity index (χ0) is 17.0. The smallest absolute Gasteiger partial charge is 0.348 e. The molecule has 0 saturated carbocycles. The number of esters is 1. The van der Waals surface area contributed by atoms with Crippen LogP contribution in [0, 0.1) is 5.82 Å². The molecule has 0 spiro atoms. The van der Waals surface area contributed by atoms with Crippen molar-refractivity contribution in [1.82, 2.24) is 4.90 Å². The van der Waals surface area contributed by atoms with Crippen LogP contribution in [0.5, 0.6) is 0 Å². The summed E-state index contributed by atoms with van der Waals surface area (Å²) < 4.78 is 18.1. The maximum absolute atomic E-state index is 13.4. The molecule has 0 unspecified atom stereocenters.